The van der Waals surface area contributed by atoms with Crippen LogP contribution in [0.5, 0.6) is 11.5 Å². The largest absolute Gasteiger partial charge is 0.454 e. The molecule has 2 aliphatic rings. The molecule has 0 spiro atoms. The predicted octanol–water partition coefficient (Wildman–Crippen LogP) is 4.16. The number of sulfonamides is 1. The van der Waals surface area contributed by atoms with Gasteiger partial charge in [-0.05, 0) is 48.9 Å². The van der Waals surface area contributed by atoms with Crippen molar-refractivity contribution in [2.45, 2.75) is 24.3 Å². The number of benzene rings is 3. The first-order chi connectivity index (χ1) is 15.8. The highest BCUT2D eigenvalue weighted by Gasteiger charge is 2.28. The van der Waals surface area contributed by atoms with Crippen LogP contribution >= 0.6 is 0 Å². The summed E-state index contributed by atoms with van der Waals surface area (Å²) in [5, 5.41) is 3.29. The molecule has 0 aromatic heterocycles. The van der Waals surface area contributed by atoms with Gasteiger partial charge >= 0.3 is 0 Å². The van der Waals surface area contributed by atoms with Gasteiger partial charge in [-0.2, -0.15) is 0 Å². The summed E-state index contributed by atoms with van der Waals surface area (Å²) in [5.41, 5.74) is 2.58. The third-order valence-electron chi connectivity index (χ3n) is 5.64. The summed E-state index contributed by atoms with van der Waals surface area (Å²) in [6, 6.07) is 16.0. The molecule has 1 unspecified atom stereocenters. The van der Waals surface area contributed by atoms with Gasteiger partial charge in [-0.15, -0.1) is 0 Å². The van der Waals surface area contributed by atoms with Crippen LogP contribution in [0.25, 0.3) is 0 Å². The van der Waals surface area contributed by atoms with Crippen molar-refractivity contribution in [3.63, 3.8) is 0 Å². The Balaban J connectivity index is 1.40. The molecule has 8 nitrogen and oxygen atoms in total. The number of fused-ring (bicyclic) bond motifs is 2. The molecule has 33 heavy (non-hydrogen) atoms. The SMILES string of the molecule is CC(=O)c1cccc(C2CC(=O)c3cc(S(=O)(=O)Nc4ccc5c(c4)OCO5)ccc3N2)c1. The van der Waals surface area contributed by atoms with Gasteiger partial charge in [-0.1, -0.05) is 18.2 Å². The number of nitrogens with one attached hydrogen (secondary N) is 2. The molecule has 0 aliphatic carbocycles. The van der Waals surface area contributed by atoms with Gasteiger partial charge in [0.25, 0.3) is 10.0 Å². The molecule has 0 saturated heterocycles. The Morgan fingerprint density at radius 1 is 1.03 bits per heavy atom. The summed E-state index contributed by atoms with van der Waals surface area (Å²) in [7, 11) is -3.93. The van der Waals surface area contributed by atoms with Gasteiger partial charge in [-0.25, -0.2) is 8.42 Å². The number of Topliss-reactive ketones (excluding diaryl/α,β-unsaturated/α-hetero) is 2. The number of carbonyl (C=O) groups is 2. The lowest BCUT2D eigenvalue weighted by Crippen LogP contribution is -2.24. The molecular weight excluding hydrogens is 444 g/mol. The molecule has 168 valence electrons. The summed E-state index contributed by atoms with van der Waals surface area (Å²) in [6.07, 6.45) is 0.146. The summed E-state index contributed by atoms with van der Waals surface area (Å²) in [4.78, 5) is 24.6. The Morgan fingerprint density at radius 3 is 2.67 bits per heavy atom. The second kappa shape index (κ2) is 7.93. The van der Waals surface area contributed by atoms with Gasteiger partial charge in [0.1, 0.15) is 0 Å². The van der Waals surface area contributed by atoms with E-state index in [9.17, 15) is 18.0 Å². The van der Waals surface area contributed by atoms with Gasteiger partial charge in [0.15, 0.2) is 23.1 Å². The lowest BCUT2D eigenvalue weighted by Gasteiger charge is -2.27. The van der Waals surface area contributed by atoms with E-state index in [1.807, 2.05) is 6.07 Å². The highest BCUT2D eigenvalue weighted by Crippen LogP contribution is 2.36. The van der Waals surface area contributed by atoms with Crippen molar-refractivity contribution < 1.29 is 27.5 Å². The maximum atomic E-state index is 12.9. The zero-order valence-corrected chi connectivity index (χ0v) is 18.4. The predicted molar refractivity (Wildman–Crippen MR) is 122 cm³/mol. The third kappa shape index (κ3) is 4.03. The van der Waals surface area contributed by atoms with Crippen LogP contribution in [0.2, 0.25) is 0 Å². The van der Waals surface area contributed by atoms with Crippen LogP contribution < -0.4 is 19.5 Å². The van der Waals surface area contributed by atoms with E-state index in [2.05, 4.69) is 10.0 Å². The molecule has 0 fully saturated rings. The maximum absolute atomic E-state index is 12.9. The van der Waals surface area contributed by atoms with E-state index in [0.29, 0.717) is 34.0 Å². The molecule has 3 aromatic rings. The van der Waals surface area contributed by atoms with Crippen molar-refractivity contribution in [2.75, 3.05) is 16.8 Å². The third-order valence-corrected chi connectivity index (χ3v) is 7.02. The van der Waals surface area contributed by atoms with Crippen molar-refractivity contribution in [1.82, 2.24) is 0 Å². The maximum Gasteiger partial charge on any atom is 0.261 e. The highest BCUT2D eigenvalue weighted by atomic mass is 32.2. The minimum Gasteiger partial charge on any atom is -0.454 e. The highest BCUT2D eigenvalue weighted by molar-refractivity contribution is 7.92. The normalized spacial score (nSPS) is 16.6. The zero-order valence-electron chi connectivity index (χ0n) is 17.6. The minimum absolute atomic E-state index is 0.0221. The second-order valence-corrected chi connectivity index (χ2v) is 9.57. The van der Waals surface area contributed by atoms with E-state index in [4.69, 9.17) is 9.47 Å². The summed E-state index contributed by atoms with van der Waals surface area (Å²) >= 11 is 0. The molecule has 5 rings (SSSR count). The Hall–Kier alpha value is -3.85. The van der Waals surface area contributed by atoms with Crippen LogP contribution in [0.4, 0.5) is 11.4 Å². The Bertz CT molecular complexity index is 1400. The van der Waals surface area contributed by atoms with Crippen molar-refractivity contribution in [3.8, 4) is 11.5 Å². The van der Waals surface area contributed by atoms with E-state index in [0.717, 1.165) is 5.56 Å². The number of hydrogen-bond donors (Lipinski definition) is 2. The van der Waals surface area contributed by atoms with Crippen LogP contribution in [0.1, 0.15) is 45.7 Å². The number of rotatable bonds is 5. The van der Waals surface area contributed by atoms with Crippen molar-refractivity contribution in [2.24, 2.45) is 0 Å². The van der Waals surface area contributed by atoms with E-state index in [-0.39, 0.29) is 35.7 Å². The Morgan fingerprint density at radius 2 is 1.85 bits per heavy atom. The average molecular weight is 464 g/mol. The first kappa shape index (κ1) is 21.0. The van der Waals surface area contributed by atoms with Crippen LogP contribution in [0, 0.1) is 0 Å². The first-order valence-electron chi connectivity index (χ1n) is 10.3. The standard InChI is InChI=1S/C24H20N2O6S/c1-14(27)15-3-2-4-16(9-15)21-12-22(28)19-11-18(6-7-20(19)25-21)33(29,30)26-17-5-8-23-24(10-17)32-13-31-23/h2-11,21,25-26H,12-13H2,1H3. The molecule has 1 atom stereocenters. The fourth-order valence-electron chi connectivity index (χ4n) is 3.93. The molecule has 0 radical (unpaired) electrons. The number of ether oxygens (including phenoxy) is 2. The van der Waals surface area contributed by atoms with Crippen LogP contribution in [-0.4, -0.2) is 26.8 Å². The van der Waals surface area contributed by atoms with E-state index >= 15 is 0 Å². The van der Waals surface area contributed by atoms with E-state index in [1.54, 1.807) is 42.5 Å². The fourth-order valence-corrected chi connectivity index (χ4v) is 5.01. The molecule has 2 aliphatic heterocycles. The number of hydrogen-bond acceptors (Lipinski definition) is 7. The Labute approximate surface area is 190 Å². The number of anilines is 2. The average Bonchev–Trinajstić information content (AvgIpc) is 3.26. The molecular formula is C24H20N2O6S. The van der Waals surface area contributed by atoms with Crippen molar-refractivity contribution >= 4 is 33.0 Å². The zero-order chi connectivity index (χ0) is 23.2. The minimum atomic E-state index is -3.93. The van der Waals surface area contributed by atoms with E-state index in [1.165, 1.54) is 19.1 Å². The van der Waals surface area contributed by atoms with Crippen molar-refractivity contribution in [3.05, 3.63) is 77.4 Å². The Kier molecular flexibility index (Phi) is 5.05. The molecule has 0 bridgehead atoms. The van der Waals surface area contributed by atoms with Gasteiger partial charge in [0, 0.05) is 29.3 Å². The van der Waals surface area contributed by atoms with Crippen molar-refractivity contribution in [1.29, 1.82) is 0 Å². The lowest BCUT2D eigenvalue weighted by atomic mass is 9.91. The van der Waals surface area contributed by atoms with Crippen LogP contribution in [0.15, 0.2) is 65.6 Å². The molecule has 2 heterocycles. The molecule has 0 saturated carbocycles. The van der Waals surface area contributed by atoms with Gasteiger partial charge < -0.3 is 14.8 Å². The smallest absolute Gasteiger partial charge is 0.261 e. The molecule has 3 aromatic carbocycles. The van der Waals surface area contributed by atoms with Crippen LogP contribution in [0.3, 0.4) is 0 Å². The number of carbonyl (C=O) groups excluding carboxylic acids is 2. The molecule has 0 amide bonds. The quantitative estimate of drug-likeness (QED) is 0.546. The summed E-state index contributed by atoms with van der Waals surface area (Å²) in [6.45, 7) is 1.58. The molecule has 2 N–H and O–H groups in total. The van der Waals surface area contributed by atoms with Gasteiger partial charge in [-0.3, -0.25) is 14.3 Å². The first-order valence-corrected chi connectivity index (χ1v) is 11.8. The van der Waals surface area contributed by atoms with Gasteiger partial charge in [0.2, 0.25) is 6.79 Å². The topological polar surface area (TPSA) is 111 Å². The number of ketones is 2. The summed E-state index contributed by atoms with van der Waals surface area (Å²) < 4.78 is 38.9. The second-order valence-electron chi connectivity index (χ2n) is 7.89. The van der Waals surface area contributed by atoms with E-state index < -0.39 is 10.0 Å². The molecule has 9 heteroatoms. The van der Waals surface area contributed by atoms with Crippen LogP contribution in [-0.2, 0) is 10.0 Å². The fraction of sp³-hybridized carbons (Fsp3) is 0.167. The lowest BCUT2D eigenvalue weighted by molar-refractivity contribution is 0.0971. The van der Waals surface area contributed by atoms with Gasteiger partial charge in [0.05, 0.1) is 16.6 Å². The summed E-state index contributed by atoms with van der Waals surface area (Å²) in [5.74, 6) is 0.776. The monoisotopic (exact) mass is 464 g/mol.